The van der Waals surface area contributed by atoms with Crippen LogP contribution in [0.1, 0.15) is 5.56 Å². The molecule has 2 N–H and O–H groups in total. The lowest BCUT2D eigenvalue weighted by Crippen LogP contribution is -2.48. The van der Waals surface area contributed by atoms with E-state index in [4.69, 9.17) is 4.74 Å². The van der Waals surface area contributed by atoms with Gasteiger partial charge in [0.2, 0.25) is 5.95 Å². The molecule has 1 aliphatic heterocycles. The molecule has 2 aromatic heterocycles. The molecule has 4 rings (SSSR count). The number of nitrogens with zero attached hydrogens (tertiary/aromatic N) is 5. The largest absolute Gasteiger partial charge is 0.503 e. The molecule has 1 aromatic carbocycles. The van der Waals surface area contributed by atoms with Crippen molar-refractivity contribution in [2.24, 2.45) is 7.05 Å². The maximum atomic E-state index is 14.5. The first-order chi connectivity index (χ1) is 14.6. The minimum Gasteiger partial charge on any atom is -0.503 e. The molecule has 1 atom stereocenters. The van der Waals surface area contributed by atoms with Crippen LogP contribution in [0.15, 0.2) is 12.3 Å². The first kappa shape index (κ1) is 21.2. The van der Waals surface area contributed by atoms with Gasteiger partial charge in [-0.25, -0.2) is 18.4 Å². The highest BCUT2D eigenvalue weighted by molar-refractivity contribution is 5.91. The molecule has 31 heavy (non-hydrogen) atoms. The second-order valence-electron chi connectivity index (χ2n) is 6.93. The molecule has 3 heterocycles. The summed E-state index contributed by atoms with van der Waals surface area (Å²) in [7, 11) is 1.44. The molecule has 1 fully saturated rings. The highest BCUT2D eigenvalue weighted by Gasteiger charge is 2.38. The van der Waals surface area contributed by atoms with Crippen LogP contribution in [0.4, 0.5) is 27.9 Å². The standard InChI is InChI=1S/C18H16F5N5O3/c1-27-16-10(5-24-17(25-16)28-2-3-31-7-8(28)6-29)14(26-27)9-4-11(18(21,22)23)13(20)15(30)12(9)19/h4-5,8,29-30H,2-3,6-7H2,1H3. The number of morpholine rings is 1. The van der Waals surface area contributed by atoms with Crippen molar-refractivity contribution in [1.29, 1.82) is 0 Å². The molecule has 0 aliphatic carbocycles. The number of rotatable bonds is 3. The van der Waals surface area contributed by atoms with E-state index in [-0.39, 0.29) is 48.0 Å². The van der Waals surface area contributed by atoms with Gasteiger partial charge in [-0.05, 0) is 6.07 Å². The van der Waals surface area contributed by atoms with E-state index in [1.165, 1.54) is 17.9 Å². The summed E-state index contributed by atoms with van der Waals surface area (Å²) in [6.45, 7) is 0.832. The molecule has 166 valence electrons. The third-order valence-electron chi connectivity index (χ3n) is 5.00. The summed E-state index contributed by atoms with van der Waals surface area (Å²) in [4.78, 5) is 10.2. The van der Waals surface area contributed by atoms with Crippen LogP contribution in [0.25, 0.3) is 22.3 Å². The number of hydrogen-bond acceptors (Lipinski definition) is 7. The first-order valence-corrected chi connectivity index (χ1v) is 9.07. The quantitative estimate of drug-likeness (QED) is 0.597. The molecule has 1 aliphatic rings. The molecule has 1 unspecified atom stereocenters. The van der Waals surface area contributed by atoms with Gasteiger partial charge in [-0.3, -0.25) is 0 Å². The van der Waals surface area contributed by atoms with Crippen LogP contribution in [-0.2, 0) is 18.0 Å². The number of aliphatic hydroxyl groups is 1. The van der Waals surface area contributed by atoms with Gasteiger partial charge in [0.25, 0.3) is 0 Å². The van der Waals surface area contributed by atoms with E-state index < -0.39 is 34.7 Å². The Morgan fingerprint density at radius 2 is 2.00 bits per heavy atom. The van der Waals surface area contributed by atoms with Crippen LogP contribution in [0, 0.1) is 11.6 Å². The topological polar surface area (TPSA) is 96.5 Å². The molecular weight excluding hydrogens is 429 g/mol. The van der Waals surface area contributed by atoms with E-state index >= 15 is 0 Å². The van der Waals surface area contributed by atoms with Crippen molar-refractivity contribution in [2.45, 2.75) is 12.2 Å². The number of halogens is 5. The van der Waals surface area contributed by atoms with Crippen molar-refractivity contribution >= 4 is 17.0 Å². The third-order valence-corrected chi connectivity index (χ3v) is 5.00. The van der Waals surface area contributed by atoms with E-state index in [1.54, 1.807) is 4.90 Å². The Hall–Kier alpha value is -3.06. The zero-order valence-corrected chi connectivity index (χ0v) is 16.0. The lowest BCUT2D eigenvalue weighted by Gasteiger charge is -2.34. The fraction of sp³-hybridized carbons (Fsp3) is 0.389. The number of phenolic OH excluding ortho intramolecular Hbond substituents is 1. The van der Waals surface area contributed by atoms with Crippen LogP contribution in [-0.4, -0.2) is 62.4 Å². The Kier molecular flexibility index (Phi) is 5.17. The molecule has 0 radical (unpaired) electrons. The number of benzene rings is 1. The number of aromatic nitrogens is 4. The van der Waals surface area contributed by atoms with E-state index in [0.29, 0.717) is 13.2 Å². The Morgan fingerprint density at radius 1 is 1.26 bits per heavy atom. The van der Waals surface area contributed by atoms with Crippen molar-refractivity contribution in [1.82, 2.24) is 19.7 Å². The molecular formula is C18H16F5N5O3. The summed E-state index contributed by atoms with van der Waals surface area (Å²) >= 11 is 0. The molecule has 0 spiro atoms. The summed E-state index contributed by atoms with van der Waals surface area (Å²) in [6, 6.07) is -0.135. The number of aromatic hydroxyl groups is 1. The minimum atomic E-state index is -5.16. The average Bonchev–Trinajstić information content (AvgIpc) is 3.07. The summed E-state index contributed by atoms with van der Waals surface area (Å²) < 4.78 is 74.3. The fourth-order valence-corrected chi connectivity index (χ4v) is 3.44. The van der Waals surface area contributed by atoms with Gasteiger partial charge < -0.3 is 19.8 Å². The molecule has 3 aromatic rings. The van der Waals surface area contributed by atoms with Crippen LogP contribution in [0.2, 0.25) is 0 Å². The summed E-state index contributed by atoms with van der Waals surface area (Å²) in [5.74, 6) is -5.21. The number of anilines is 1. The first-order valence-electron chi connectivity index (χ1n) is 9.07. The predicted molar refractivity (Wildman–Crippen MR) is 97.4 cm³/mol. The van der Waals surface area contributed by atoms with Gasteiger partial charge in [-0.2, -0.15) is 23.3 Å². The van der Waals surface area contributed by atoms with E-state index in [1.807, 2.05) is 0 Å². The molecule has 0 bridgehead atoms. The minimum absolute atomic E-state index is 0.0955. The summed E-state index contributed by atoms with van der Waals surface area (Å²) in [5.41, 5.74) is -2.69. The Balaban J connectivity index is 1.86. The van der Waals surface area contributed by atoms with Crippen molar-refractivity contribution in [2.75, 3.05) is 31.3 Å². The Bertz CT molecular complexity index is 1150. The van der Waals surface area contributed by atoms with E-state index in [9.17, 15) is 32.2 Å². The monoisotopic (exact) mass is 445 g/mol. The predicted octanol–water partition coefficient (Wildman–Crippen LogP) is 2.23. The van der Waals surface area contributed by atoms with Crippen LogP contribution in [0.5, 0.6) is 5.75 Å². The highest BCUT2D eigenvalue weighted by Crippen LogP contribution is 2.41. The van der Waals surface area contributed by atoms with E-state index in [0.717, 1.165) is 0 Å². The lowest BCUT2D eigenvalue weighted by atomic mass is 10.0. The van der Waals surface area contributed by atoms with Gasteiger partial charge in [-0.1, -0.05) is 0 Å². The van der Waals surface area contributed by atoms with Gasteiger partial charge >= 0.3 is 6.18 Å². The van der Waals surface area contributed by atoms with Crippen LogP contribution < -0.4 is 4.90 Å². The zero-order valence-electron chi connectivity index (χ0n) is 16.0. The number of ether oxygens (including phenoxy) is 1. The van der Waals surface area contributed by atoms with Crippen molar-refractivity contribution in [3.05, 3.63) is 29.5 Å². The van der Waals surface area contributed by atoms with Crippen molar-refractivity contribution < 1.29 is 36.9 Å². The fourth-order valence-electron chi connectivity index (χ4n) is 3.44. The number of phenols is 1. The highest BCUT2D eigenvalue weighted by atomic mass is 19.4. The van der Waals surface area contributed by atoms with Gasteiger partial charge in [0.15, 0.2) is 23.0 Å². The van der Waals surface area contributed by atoms with Crippen molar-refractivity contribution in [3.63, 3.8) is 0 Å². The van der Waals surface area contributed by atoms with Gasteiger partial charge in [0.1, 0.15) is 5.69 Å². The average molecular weight is 445 g/mol. The molecule has 13 heteroatoms. The lowest BCUT2D eigenvalue weighted by molar-refractivity contribution is -0.140. The van der Waals surface area contributed by atoms with Gasteiger partial charge in [0.05, 0.1) is 36.8 Å². The van der Waals surface area contributed by atoms with E-state index in [2.05, 4.69) is 15.1 Å². The Labute approximate surface area is 171 Å². The number of alkyl halides is 3. The van der Waals surface area contributed by atoms with Gasteiger partial charge in [-0.15, -0.1) is 0 Å². The normalized spacial score (nSPS) is 17.5. The van der Waals surface area contributed by atoms with Gasteiger partial charge in [0, 0.05) is 25.4 Å². The molecule has 0 saturated carbocycles. The maximum absolute atomic E-state index is 14.5. The summed E-state index contributed by atoms with van der Waals surface area (Å²) in [6.07, 6.45) is -3.91. The number of fused-ring (bicyclic) bond motifs is 1. The number of aliphatic hydroxyl groups excluding tert-OH is 1. The smallest absolute Gasteiger partial charge is 0.419 e. The second kappa shape index (κ2) is 7.57. The zero-order chi connectivity index (χ0) is 22.5. The van der Waals surface area contributed by atoms with Crippen LogP contribution >= 0.6 is 0 Å². The number of aryl methyl sites for hydroxylation is 1. The second-order valence-corrected chi connectivity index (χ2v) is 6.93. The molecule has 0 amide bonds. The van der Waals surface area contributed by atoms with Crippen molar-refractivity contribution in [3.8, 4) is 17.0 Å². The maximum Gasteiger partial charge on any atom is 0.419 e. The summed E-state index contributed by atoms with van der Waals surface area (Å²) in [5, 5.41) is 23.2. The molecule has 1 saturated heterocycles. The number of hydrogen-bond donors (Lipinski definition) is 2. The van der Waals surface area contributed by atoms with Crippen LogP contribution in [0.3, 0.4) is 0 Å². The third kappa shape index (κ3) is 3.53. The Morgan fingerprint density at radius 3 is 2.68 bits per heavy atom. The SMILES string of the molecule is Cn1nc(-c2cc(C(F)(F)F)c(F)c(O)c2F)c2cnc(N3CCOCC3CO)nc21. The molecule has 8 nitrogen and oxygen atoms in total.